The van der Waals surface area contributed by atoms with Crippen LogP contribution in [0.5, 0.6) is 0 Å². The predicted molar refractivity (Wildman–Crippen MR) is 120 cm³/mol. The van der Waals surface area contributed by atoms with E-state index >= 15 is 0 Å². The van der Waals surface area contributed by atoms with Crippen LogP contribution < -0.4 is 5.32 Å². The fourth-order valence-corrected chi connectivity index (χ4v) is 3.68. The van der Waals surface area contributed by atoms with Crippen LogP contribution >= 0.6 is 0 Å². The molecule has 0 bridgehead atoms. The fraction of sp³-hybridized carbons (Fsp3) is 0.125. The first-order valence-electron chi connectivity index (χ1n) is 10.0. The Labute approximate surface area is 179 Å². The predicted octanol–water partition coefficient (Wildman–Crippen LogP) is 4.48. The number of hydrogen-bond donors (Lipinski definition) is 1. The summed E-state index contributed by atoms with van der Waals surface area (Å²) >= 11 is 0. The van der Waals surface area contributed by atoms with Crippen LogP contribution in [0.25, 0.3) is 27.9 Å². The monoisotopic (exact) mass is 407 g/mol. The molecule has 0 amide bonds. The second-order valence-corrected chi connectivity index (χ2v) is 7.47. The Hall–Kier alpha value is -4.13. The van der Waals surface area contributed by atoms with Crippen LogP contribution in [-0.4, -0.2) is 29.5 Å². The van der Waals surface area contributed by atoms with Crippen LogP contribution in [0.15, 0.2) is 73.6 Å². The average molecular weight is 407 g/mol. The number of hydrogen-bond acceptors (Lipinski definition) is 6. The number of pyridine rings is 1. The molecule has 0 radical (unpaired) electrons. The van der Waals surface area contributed by atoms with Gasteiger partial charge in [-0.2, -0.15) is 10.2 Å². The summed E-state index contributed by atoms with van der Waals surface area (Å²) in [7, 11) is 0. The van der Waals surface area contributed by atoms with Gasteiger partial charge in [-0.15, -0.1) is 0 Å². The third-order valence-electron chi connectivity index (χ3n) is 5.25. The third kappa shape index (κ3) is 3.85. The lowest BCUT2D eigenvalue weighted by Gasteiger charge is -2.11. The number of anilines is 1. The summed E-state index contributed by atoms with van der Waals surface area (Å²) in [6, 6.07) is 14.6. The van der Waals surface area contributed by atoms with Gasteiger partial charge < -0.3 is 5.32 Å². The lowest BCUT2D eigenvalue weighted by molar-refractivity contribution is 1.01. The van der Waals surface area contributed by atoms with Crippen molar-refractivity contribution in [3.8, 4) is 22.4 Å². The summed E-state index contributed by atoms with van der Waals surface area (Å²) in [5.74, 6) is 0.758. The van der Waals surface area contributed by atoms with E-state index in [0.717, 1.165) is 28.4 Å². The maximum atomic E-state index is 4.54. The van der Waals surface area contributed by atoms with Crippen molar-refractivity contribution in [2.45, 2.75) is 20.4 Å². The molecule has 1 N–H and O–H groups in total. The summed E-state index contributed by atoms with van der Waals surface area (Å²) in [5, 5.41) is 11.2. The molecule has 0 spiro atoms. The van der Waals surface area contributed by atoms with E-state index in [0.29, 0.717) is 6.54 Å². The molecule has 0 aliphatic heterocycles. The number of benzene rings is 1. The Morgan fingerprint density at radius 2 is 1.74 bits per heavy atom. The molecule has 5 aromatic rings. The Kier molecular flexibility index (Phi) is 4.84. The van der Waals surface area contributed by atoms with Crippen molar-refractivity contribution in [3.63, 3.8) is 0 Å². The van der Waals surface area contributed by atoms with Gasteiger partial charge in [-0.25, -0.2) is 9.97 Å². The van der Waals surface area contributed by atoms with Gasteiger partial charge in [0.05, 0.1) is 29.8 Å². The minimum Gasteiger partial charge on any atom is -0.351 e. The van der Waals surface area contributed by atoms with Gasteiger partial charge in [-0.3, -0.25) is 9.38 Å². The minimum absolute atomic E-state index is 0.672. The molecule has 0 aliphatic carbocycles. The summed E-state index contributed by atoms with van der Waals surface area (Å²) in [6.45, 7) is 4.82. The smallest absolute Gasteiger partial charge is 0.209 e. The van der Waals surface area contributed by atoms with Crippen molar-refractivity contribution in [2.24, 2.45) is 0 Å². The fourth-order valence-electron chi connectivity index (χ4n) is 3.68. The van der Waals surface area contributed by atoms with Crippen molar-refractivity contribution in [3.05, 3.63) is 90.4 Å². The zero-order valence-electron chi connectivity index (χ0n) is 17.3. The molecule has 7 nitrogen and oxygen atoms in total. The number of aromatic nitrogens is 6. The first-order valence-corrected chi connectivity index (χ1v) is 10.0. The number of fused-ring (bicyclic) bond motifs is 1. The number of rotatable bonds is 5. The molecule has 5 rings (SSSR count). The molecule has 0 saturated carbocycles. The standard InChI is InChI=1S/C24H21N7/c1-16-9-18(3-4-22(16)19-5-7-25-17(2)10-19)12-26-24-27-14-21-11-23(28-15-31(21)24)20-6-8-29-30-13-20/h3-11,13-15H,12H2,1-2H3,(H,26,27). The third-order valence-corrected chi connectivity index (χ3v) is 5.25. The van der Waals surface area contributed by atoms with Gasteiger partial charge in [0.1, 0.15) is 6.33 Å². The largest absolute Gasteiger partial charge is 0.351 e. The minimum atomic E-state index is 0.672. The van der Waals surface area contributed by atoms with Crippen LogP contribution in [0.3, 0.4) is 0 Å². The summed E-state index contributed by atoms with van der Waals surface area (Å²) < 4.78 is 1.94. The van der Waals surface area contributed by atoms with Crippen molar-refractivity contribution in [1.82, 2.24) is 29.5 Å². The molecule has 4 aromatic heterocycles. The molecule has 0 fully saturated rings. The molecular formula is C24H21N7. The average Bonchev–Trinajstić information content (AvgIpc) is 3.20. The summed E-state index contributed by atoms with van der Waals surface area (Å²) in [5.41, 5.74) is 8.58. The highest BCUT2D eigenvalue weighted by Gasteiger charge is 2.08. The molecule has 1 aromatic carbocycles. The molecule has 0 saturated heterocycles. The molecule has 0 atom stereocenters. The van der Waals surface area contributed by atoms with Gasteiger partial charge >= 0.3 is 0 Å². The first-order chi connectivity index (χ1) is 15.2. The van der Waals surface area contributed by atoms with Gasteiger partial charge in [0.2, 0.25) is 5.95 Å². The van der Waals surface area contributed by atoms with E-state index in [1.54, 1.807) is 18.7 Å². The maximum absolute atomic E-state index is 4.54. The number of aryl methyl sites for hydroxylation is 2. The number of nitrogens with zero attached hydrogens (tertiary/aromatic N) is 6. The second kappa shape index (κ2) is 7.95. The van der Waals surface area contributed by atoms with Gasteiger partial charge in [0, 0.05) is 24.0 Å². The Bertz CT molecular complexity index is 1360. The Morgan fingerprint density at radius 1 is 0.839 bits per heavy atom. The van der Waals surface area contributed by atoms with Gasteiger partial charge in [0.15, 0.2) is 0 Å². The van der Waals surface area contributed by atoms with Crippen molar-refractivity contribution in [2.75, 3.05) is 5.32 Å². The van der Waals surface area contributed by atoms with Crippen molar-refractivity contribution < 1.29 is 0 Å². The van der Waals surface area contributed by atoms with E-state index in [2.05, 4.69) is 61.7 Å². The van der Waals surface area contributed by atoms with Crippen LogP contribution in [0.2, 0.25) is 0 Å². The summed E-state index contributed by atoms with van der Waals surface area (Å²) in [4.78, 5) is 13.3. The zero-order chi connectivity index (χ0) is 21.2. The molecule has 152 valence electrons. The van der Waals surface area contributed by atoms with E-state index < -0.39 is 0 Å². The lowest BCUT2D eigenvalue weighted by Crippen LogP contribution is -2.04. The van der Waals surface area contributed by atoms with Gasteiger partial charge in [-0.1, -0.05) is 18.2 Å². The van der Waals surface area contributed by atoms with Crippen molar-refractivity contribution in [1.29, 1.82) is 0 Å². The molecule has 4 heterocycles. The molecule has 31 heavy (non-hydrogen) atoms. The maximum Gasteiger partial charge on any atom is 0.209 e. The van der Waals surface area contributed by atoms with Gasteiger partial charge in [0.25, 0.3) is 0 Å². The number of imidazole rings is 1. The molecule has 0 aliphatic rings. The molecular weight excluding hydrogens is 386 g/mol. The highest BCUT2D eigenvalue weighted by Crippen LogP contribution is 2.25. The summed E-state index contributed by atoms with van der Waals surface area (Å²) in [6.07, 6.45) is 8.83. The highest BCUT2D eigenvalue weighted by molar-refractivity contribution is 5.68. The van der Waals surface area contributed by atoms with E-state index in [1.807, 2.05) is 41.9 Å². The zero-order valence-corrected chi connectivity index (χ0v) is 17.3. The lowest BCUT2D eigenvalue weighted by atomic mass is 9.98. The molecule has 0 unspecified atom stereocenters. The topological polar surface area (TPSA) is 80.9 Å². The highest BCUT2D eigenvalue weighted by atomic mass is 15.2. The van der Waals surface area contributed by atoms with E-state index in [9.17, 15) is 0 Å². The quantitative estimate of drug-likeness (QED) is 0.463. The molecule has 7 heteroatoms. The Morgan fingerprint density at radius 3 is 2.55 bits per heavy atom. The Balaban J connectivity index is 1.34. The number of nitrogens with one attached hydrogen (secondary N) is 1. The van der Waals surface area contributed by atoms with E-state index in [4.69, 9.17) is 0 Å². The first kappa shape index (κ1) is 18.9. The SMILES string of the molecule is Cc1cc(-c2ccc(CNc3ncc4cc(-c5ccnnc5)ncn34)cc2C)ccn1. The van der Waals surface area contributed by atoms with E-state index in [-0.39, 0.29) is 0 Å². The van der Waals surface area contributed by atoms with Crippen molar-refractivity contribution >= 4 is 11.5 Å². The van der Waals surface area contributed by atoms with E-state index in [1.165, 1.54) is 22.3 Å². The normalized spacial score (nSPS) is 11.0. The van der Waals surface area contributed by atoms with Crippen LogP contribution in [0.1, 0.15) is 16.8 Å². The van der Waals surface area contributed by atoms with Crippen LogP contribution in [0.4, 0.5) is 5.95 Å². The van der Waals surface area contributed by atoms with Gasteiger partial charge in [-0.05, 0) is 60.4 Å². The second-order valence-electron chi connectivity index (χ2n) is 7.47. The van der Waals surface area contributed by atoms with Crippen LogP contribution in [-0.2, 0) is 6.54 Å². The van der Waals surface area contributed by atoms with Crippen LogP contribution in [0, 0.1) is 13.8 Å².